The van der Waals surface area contributed by atoms with Crippen molar-refractivity contribution in [1.29, 1.82) is 0 Å². The highest BCUT2D eigenvalue weighted by Crippen LogP contribution is 2.22. The van der Waals surface area contributed by atoms with Gasteiger partial charge in [-0.3, -0.25) is 9.78 Å². The molecule has 4 rings (SSSR count). The fourth-order valence-electron chi connectivity index (χ4n) is 4.15. The van der Waals surface area contributed by atoms with E-state index in [0.717, 1.165) is 25.3 Å². The minimum Gasteiger partial charge on any atom is -0.486 e. The molecule has 0 aliphatic carbocycles. The van der Waals surface area contributed by atoms with Crippen LogP contribution >= 0.6 is 11.6 Å². The number of H-pyrrole nitrogens is 1. The molecule has 9 heteroatoms. The Labute approximate surface area is 197 Å². The second kappa shape index (κ2) is 10.6. The zero-order valence-corrected chi connectivity index (χ0v) is 19.7. The summed E-state index contributed by atoms with van der Waals surface area (Å²) in [5.74, 6) is 0.872. The molecule has 1 aliphatic rings. The Morgan fingerprint density at radius 3 is 2.82 bits per heavy atom. The van der Waals surface area contributed by atoms with E-state index in [1.165, 1.54) is 31.0 Å². The van der Waals surface area contributed by atoms with Crippen molar-refractivity contribution < 1.29 is 9.13 Å². The number of nitrogens with zero attached hydrogens (tertiary/aromatic N) is 3. The lowest BCUT2D eigenvalue weighted by Crippen LogP contribution is -2.40. The molecule has 1 aromatic carbocycles. The summed E-state index contributed by atoms with van der Waals surface area (Å²) in [5.41, 5.74) is 1.03. The largest absolute Gasteiger partial charge is 0.486 e. The number of piperidine rings is 1. The molecule has 0 radical (unpaired) electrons. The third kappa shape index (κ3) is 5.88. The van der Waals surface area contributed by atoms with Crippen molar-refractivity contribution in [3.63, 3.8) is 0 Å². The minimum absolute atomic E-state index is 0.0172. The number of aromatic amines is 1. The van der Waals surface area contributed by atoms with Crippen molar-refractivity contribution in [3.05, 3.63) is 63.2 Å². The van der Waals surface area contributed by atoms with Crippen LogP contribution in [0.3, 0.4) is 0 Å². The third-order valence-electron chi connectivity index (χ3n) is 6.12. The molecule has 0 spiro atoms. The molecular formula is C24H29ClFN5O2. The lowest BCUT2D eigenvalue weighted by atomic mass is 9.96. The molecule has 33 heavy (non-hydrogen) atoms. The van der Waals surface area contributed by atoms with E-state index in [0.29, 0.717) is 41.0 Å². The lowest BCUT2D eigenvalue weighted by molar-refractivity contribution is 0.148. The highest BCUT2D eigenvalue weighted by molar-refractivity contribution is 6.30. The predicted octanol–water partition coefficient (Wildman–Crippen LogP) is 3.90. The van der Waals surface area contributed by atoms with Gasteiger partial charge in [-0.1, -0.05) is 11.6 Å². The van der Waals surface area contributed by atoms with Crippen LogP contribution in [0.4, 0.5) is 4.39 Å². The number of rotatable bonds is 8. The Hall–Kier alpha value is -2.55. The van der Waals surface area contributed by atoms with Crippen LogP contribution in [0.15, 0.2) is 35.3 Å². The molecule has 2 aromatic heterocycles. The van der Waals surface area contributed by atoms with E-state index in [9.17, 15) is 9.18 Å². The van der Waals surface area contributed by atoms with Gasteiger partial charge in [0.15, 0.2) is 0 Å². The van der Waals surface area contributed by atoms with Gasteiger partial charge in [0.2, 0.25) is 0 Å². The Bertz CT molecular complexity index is 1160. The van der Waals surface area contributed by atoms with Gasteiger partial charge in [0, 0.05) is 24.8 Å². The summed E-state index contributed by atoms with van der Waals surface area (Å²) < 4.78 is 19.0. The molecule has 0 saturated carbocycles. The number of hydrogen-bond acceptors (Lipinski definition) is 6. The Kier molecular flexibility index (Phi) is 7.57. The number of halogens is 2. The van der Waals surface area contributed by atoms with Crippen molar-refractivity contribution in [2.75, 3.05) is 19.6 Å². The quantitative estimate of drug-likeness (QED) is 0.516. The summed E-state index contributed by atoms with van der Waals surface area (Å²) in [6.07, 6.45) is 4.00. The summed E-state index contributed by atoms with van der Waals surface area (Å²) in [4.78, 5) is 26.9. The molecule has 0 bridgehead atoms. The van der Waals surface area contributed by atoms with Gasteiger partial charge in [0.05, 0.1) is 16.1 Å². The second-order valence-electron chi connectivity index (χ2n) is 8.74. The Balaban J connectivity index is 1.41. The van der Waals surface area contributed by atoms with E-state index in [1.807, 2.05) is 0 Å². The molecule has 176 valence electrons. The molecule has 7 nitrogen and oxygen atoms in total. The number of benzene rings is 1. The summed E-state index contributed by atoms with van der Waals surface area (Å²) in [6.45, 7) is 8.22. The van der Waals surface area contributed by atoms with E-state index in [4.69, 9.17) is 16.3 Å². The smallest absolute Gasteiger partial charge is 0.258 e. The zero-order chi connectivity index (χ0) is 23.4. The van der Waals surface area contributed by atoms with Crippen LogP contribution in [0.1, 0.15) is 38.2 Å². The fourth-order valence-corrected chi connectivity index (χ4v) is 4.32. The number of pyridine rings is 1. The number of likely N-dealkylation sites (tertiary alicyclic amines) is 1. The molecule has 1 fully saturated rings. The number of fused-ring (bicyclic) bond motifs is 1. The molecule has 3 heterocycles. The van der Waals surface area contributed by atoms with Crippen LogP contribution in [0.5, 0.6) is 5.75 Å². The average molecular weight is 474 g/mol. The second-order valence-corrected chi connectivity index (χ2v) is 9.14. The van der Waals surface area contributed by atoms with Crippen molar-refractivity contribution in [2.45, 2.75) is 45.9 Å². The fraction of sp³-hybridized carbons (Fsp3) is 0.458. The van der Waals surface area contributed by atoms with E-state index in [-0.39, 0.29) is 17.2 Å². The van der Waals surface area contributed by atoms with Crippen LogP contribution in [0.25, 0.3) is 10.9 Å². The first kappa shape index (κ1) is 23.6. The first-order chi connectivity index (χ1) is 15.9. The van der Waals surface area contributed by atoms with Gasteiger partial charge in [-0.05, 0) is 70.4 Å². The Morgan fingerprint density at radius 2 is 2.09 bits per heavy atom. The molecular weight excluding hydrogens is 445 g/mol. The van der Waals surface area contributed by atoms with Crippen LogP contribution in [0.2, 0.25) is 5.02 Å². The molecule has 1 aliphatic heterocycles. The van der Waals surface area contributed by atoms with E-state index in [1.54, 1.807) is 12.3 Å². The monoisotopic (exact) mass is 473 g/mol. The van der Waals surface area contributed by atoms with E-state index in [2.05, 4.69) is 39.0 Å². The van der Waals surface area contributed by atoms with Gasteiger partial charge in [-0.25, -0.2) is 9.37 Å². The average Bonchev–Trinajstić information content (AvgIpc) is 2.80. The summed E-state index contributed by atoms with van der Waals surface area (Å²) in [5, 5.41) is 3.96. The number of hydrogen-bond donors (Lipinski definition) is 2. The first-order valence-corrected chi connectivity index (χ1v) is 11.7. The first-order valence-electron chi connectivity index (χ1n) is 11.3. The van der Waals surface area contributed by atoms with Crippen LogP contribution < -0.4 is 15.6 Å². The van der Waals surface area contributed by atoms with Crippen molar-refractivity contribution in [1.82, 2.24) is 25.2 Å². The van der Waals surface area contributed by atoms with Crippen molar-refractivity contribution in [3.8, 4) is 5.75 Å². The van der Waals surface area contributed by atoms with Gasteiger partial charge in [-0.15, -0.1) is 0 Å². The van der Waals surface area contributed by atoms with E-state index >= 15 is 0 Å². The normalized spacial score (nSPS) is 15.4. The van der Waals surface area contributed by atoms with Gasteiger partial charge in [-0.2, -0.15) is 0 Å². The number of ether oxygens (including phenoxy) is 1. The molecule has 0 unspecified atom stereocenters. The number of aromatic nitrogens is 3. The SMILES string of the molecule is CC(C)N1CCC(CNCc2nccc3c(=O)[nH]c(COc4ccc(F)c(Cl)c4)nc23)CC1. The zero-order valence-electron chi connectivity index (χ0n) is 18.9. The Morgan fingerprint density at radius 1 is 1.30 bits per heavy atom. The maximum absolute atomic E-state index is 13.3. The van der Waals surface area contributed by atoms with Crippen LogP contribution in [-0.2, 0) is 13.2 Å². The van der Waals surface area contributed by atoms with Gasteiger partial charge in [0.1, 0.15) is 29.5 Å². The summed E-state index contributed by atoms with van der Waals surface area (Å²) in [6, 6.07) is 6.36. The van der Waals surface area contributed by atoms with Gasteiger partial charge < -0.3 is 19.9 Å². The van der Waals surface area contributed by atoms with Crippen LogP contribution in [0, 0.1) is 11.7 Å². The summed E-state index contributed by atoms with van der Waals surface area (Å²) in [7, 11) is 0. The summed E-state index contributed by atoms with van der Waals surface area (Å²) >= 11 is 5.80. The van der Waals surface area contributed by atoms with Crippen molar-refractivity contribution in [2.24, 2.45) is 5.92 Å². The molecule has 2 N–H and O–H groups in total. The highest BCUT2D eigenvalue weighted by atomic mass is 35.5. The molecule has 1 saturated heterocycles. The minimum atomic E-state index is -0.519. The lowest BCUT2D eigenvalue weighted by Gasteiger charge is -2.34. The number of nitrogens with one attached hydrogen (secondary N) is 2. The van der Waals surface area contributed by atoms with E-state index < -0.39 is 5.82 Å². The van der Waals surface area contributed by atoms with Crippen molar-refractivity contribution >= 4 is 22.5 Å². The van der Waals surface area contributed by atoms with Gasteiger partial charge in [0.25, 0.3) is 5.56 Å². The third-order valence-corrected chi connectivity index (χ3v) is 6.41. The standard InChI is InChI=1S/C24H29ClFN5O2/c1-15(2)31-9-6-16(7-10-31)12-27-13-21-23-18(5-8-28-21)24(32)30-22(29-23)14-33-17-3-4-20(26)19(25)11-17/h3-5,8,11,15-16,27H,6-7,9-10,12-14H2,1-2H3,(H,29,30,32). The molecule has 0 atom stereocenters. The predicted molar refractivity (Wildman–Crippen MR) is 127 cm³/mol. The van der Waals surface area contributed by atoms with Crippen LogP contribution in [-0.4, -0.2) is 45.5 Å². The molecule has 0 amide bonds. The highest BCUT2D eigenvalue weighted by Gasteiger charge is 2.20. The molecule has 3 aromatic rings. The van der Waals surface area contributed by atoms with Gasteiger partial charge >= 0.3 is 0 Å². The topological polar surface area (TPSA) is 83.1 Å². The maximum atomic E-state index is 13.3. The maximum Gasteiger partial charge on any atom is 0.258 e.